The number of carbonyl (C=O) groups is 1. The van der Waals surface area contributed by atoms with Gasteiger partial charge in [-0.25, -0.2) is 14.2 Å². The maximum atomic E-state index is 14.3. The Morgan fingerprint density at radius 3 is 2.62 bits per heavy atom. The fraction of sp³-hybridized carbons (Fsp3) is 0.208. The van der Waals surface area contributed by atoms with Crippen molar-refractivity contribution >= 4 is 35.0 Å². The first-order valence-corrected chi connectivity index (χ1v) is 11.2. The van der Waals surface area contributed by atoms with Gasteiger partial charge in [-0.05, 0) is 44.5 Å². The topological polar surface area (TPSA) is 60.7 Å². The van der Waals surface area contributed by atoms with Gasteiger partial charge in [0.2, 0.25) is 0 Å². The number of hydrogen-bond acceptors (Lipinski definition) is 5. The number of ether oxygens (including phenoxy) is 1. The van der Waals surface area contributed by atoms with Crippen LogP contribution in [0.25, 0.3) is 6.08 Å². The van der Waals surface area contributed by atoms with E-state index in [4.69, 9.17) is 16.3 Å². The lowest BCUT2D eigenvalue weighted by molar-refractivity contribution is -0.139. The summed E-state index contributed by atoms with van der Waals surface area (Å²) in [5.74, 6) is -1.05. The fourth-order valence-corrected chi connectivity index (χ4v) is 4.88. The summed E-state index contributed by atoms with van der Waals surface area (Å²) < 4.78 is 21.3. The van der Waals surface area contributed by atoms with Crippen molar-refractivity contribution in [3.8, 4) is 0 Å². The molecule has 1 aliphatic heterocycles. The quantitative estimate of drug-likeness (QED) is 0.543. The molecule has 3 aromatic rings. The van der Waals surface area contributed by atoms with Crippen molar-refractivity contribution < 1.29 is 13.9 Å². The number of hydrogen-bond donors (Lipinski definition) is 0. The van der Waals surface area contributed by atoms with Gasteiger partial charge < -0.3 is 4.74 Å². The van der Waals surface area contributed by atoms with Gasteiger partial charge in [-0.15, -0.1) is 0 Å². The molecule has 4 rings (SSSR count). The summed E-state index contributed by atoms with van der Waals surface area (Å²) in [5, 5.41) is 0.203. The summed E-state index contributed by atoms with van der Waals surface area (Å²) in [5.41, 5.74) is 2.34. The van der Waals surface area contributed by atoms with Gasteiger partial charge in [0.15, 0.2) is 4.80 Å². The zero-order chi connectivity index (χ0) is 23.0. The zero-order valence-electron chi connectivity index (χ0n) is 17.7. The molecular weight excluding hydrogens is 451 g/mol. The van der Waals surface area contributed by atoms with Crippen LogP contribution in [-0.2, 0) is 9.53 Å². The van der Waals surface area contributed by atoms with Crippen molar-refractivity contribution in [2.75, 3.05) is 6.61 Å². The molecule has 2 heterocycles. The maximum absolute atomic E-state index is 14.3. The van der Waals surface area contributed by atoms with Gasteiger partial charge in [-0.1, -0.05) is 58.8 Å². The molecule has 0 saturated heterocycles. The number of fused-ring (bicyclic) bond motifs is 1. The molecule has 5 nitrogen and oxygen atoms in total. The predicted octanol–water partition coefficient (Wildman–Crippen LogP) is 3.90. The summed E-state index contributed by atoms with van der Waals surface area (Å²) >= 11 is 7.28. The molecule has 0 spiro atoms. The lowest BCUT2D eigenvalue weighted by atomic mass is 9.95. The van der Waals surface area contributed by atoms with Crippen molar-refractivity contribution in [3.63, 3.8) is 0 Å². The van der Waals surface area contributed by atoms with Crippen LogP contribution >= 0.6 is 22.9 Å². The molecule has 0 amide bonds. The second-order valence-corrected chi connectivity index (χ2v) is 8.76. The molecule has 0 N–H and O–H groups in total. The minimum Gasteiger partial charge on any atom is -0.463 e. The lowest BCUT2D eigenvalue weighted by Crippen LogP contribution is -2.40. The smallest absolute Gasteiger partial charge is 0.338 e. The number of halogens is 2. The third-order valence-electron chi connectivity index (χ3n) is 5.19. The Hall–Kier alpha value is -3.03. The standard InChI is InChI=1S/C24H20ClFN2O3S/c1-4-31-23(30)20-14(3)27-24-28(21(20)15-10-8-13(2)9-11-15)22(29)19(32-24)12-16-17(25)6-5-7-18(16)26/h5-12,21H,4H2,1-3H3/b19-12+. The number of allylic oxidation sites excluding steroid dienone is 1. The molecule has 8 heteroatoms. The van der Waals surface area contributed by atoms with E-state index in [1.165, 1.54) is 22.8 Å². The van der Waals surface area contributed by atoms with Crippen molar-refractivity contribution in [2.45, 2.75) is 26.8 Å². The molecule has 0 radical (unpaired) electrons. The highest BCUT2D eigenvalue weighted by molar-refractivity contribution is 7.07. The van der Waals surface area contributed by atoms with Gasteiger partial charge >= 0.3 is 5.97 Å². The van der Waals surface area contributed by atoms with E-state index in [0.717, 1.165) is 22.5 Å². The Labute approximate surface area is 192 Å². The summed E-state index contributed by atoms with van der Waals surface area (Å²) in [7, 11) is 0. The molecule has 1 atom stereocenters. The molecule has 0 bridgehead atoms. The number of aromatic nitrogens is 1. The number of benzene rings is 2. The number of esters is 1. The third kappa shape index (κ3) is 3.94. The second-order valence-electron chi connectivity index (χ2n) is 7.35. The molecule has 1 aliphatic rings. The number of rotatable bonds is 4. The van der Waals surface area contributed by atoms with Crippen molar-refractivity contribution in [2.24, 2.45) is 4.99 Å². The summed E-state index contributed by atoms with van der Waals surface area (Å²) in [6, 6.07) is 11.2. The Kier molecular flexibility index (Phi) is 6.13. The van der Waals surface area contributed by atoms with Gasteiger partial charge in [-0.2, -0.15) is 0 Å². The number of aryl methyl sites for hydroxylation is 1. The number of thiazole rings is 1. The molecule has 164 valence electrons. The number of nitrogens with zero attached hydrogens (tertiary/aromatic N) is 2. The van der Waals surface area contributed by atoms with E-state index in [9.17, 15) is 14.0 Å². The lowest BCUT2D eigenvalue weighted by Gasteiger charge is -2.24. The average molecular weight is 471 g/mol. The van der Waals surface area contributed by atoms with Crippen LogP contribution in [0.2, 0.25) is 5.02 Å². The first-order valence-electron chi connectivity index (χ1n) is 10.0. The largest absolute Gasteiger partial charge is 0.463 e. The van der Waals surface area contributed by atoms with E-state index in [2.05, 4.69) is 4.99 Å². The van der Waals surface area contributed by atoms with Crippen LogP contribution < -0.4 is 14.9 Å². The molecule has 0 aliphatic carbocycles. The first kappa shape index (κ1) is 22.2. The van der Waals surface area contributed by atoms with Gasteiger partial charge in [-0.3, -0.25) is 9.36 Å². The van der Waals surface area contributed by atoms with Crippen LogP contribution in [-0.4, -0.2) is 17.1 Å². The van der Waals surface area contributed by atoms with E-state index >= 15 is 0 Å². The summed E-state index contributed by atoms with van der Waals surface area (Å²) in [6.07, 6.45) is 1.43. The van der Waals surface area contributed by atoms with Gasteiger partial charge in [0.1, 0.15) is 5.82 Å². The monoisotopic (exact) mass is 470 g/mol. The third-order valence-corrected chi connectivity index (χ3v) is 6.50. The average Bonchev–Trinajstić information content (AvgIpc) is 3.05. The summed E-state index contributed by atoms with van der Waals surface area (Å²) in [4.78, 5) is 31.2. The fourth-order valence-electron chi connectivity index (χ4n) is 3.64. The first-order chi connectivity index (χ1) is 15.3. The molecule has 2 aromatic carbocycles. The van der Waals surface area contributed by atoms with Crippen molar-refractivity contribution in [3.05, 3.63) is 101 Å². The van der Waals surface area contributed by atoms with Crippen LogP contribution in [0.5, 0.6) is 0 Å². The van der Waals surface area contributed by atoms with Gasteiger partial charge in [0.25, 0.3) is 5.56 Å². The zero-order valence-corrected chi connectivity index (χ0v) is 19.3. The highest BCUT2D eigenvalue weighted by Crippen LogP contribution is 2.31. The van der Waals surface area contributed by atoms with Crippen molar-refractivity contribution in [1.82, 2.24) is 4.57 Å². The molecule has 1 unspecified atom stereocenters. The Morgan fingerprint density at radius 2 is 1.97 bits per heavy atom. The van der Waals surface area contributed by atoms with E-state index in [1.807, 2.05) is 31.2 Å². The number of carbonyl (C=O) groups excluding carboxylic acids is 1. The summed E-state index contributed by atoms with van der Waals surface area (Å²) in [6.45, 7) is 5.60. The van der Waals surface area contributed by atoms with E-state index in [1.54, 1.807) is 19.9 Å². The van der Waals surface area contributed by atoms with Gasteiger partial charge in [0, 0.05) is 5.56 Å². The van der Waals surface area contributed by atoms with Crippen LogP contribution in [0.15, 0.2) is 63.5 Å². The SMILES string of the molecule is CCOC(=O)C1=C(C)N=c2s/c(=C/c3c(F)cccc3Cl)c(=O)n2C1c1ccc(C)cc1. The van der Waals surface area contributed by atoms with Crippen LogP contribution in [0.4, 0.5) is 4.39 Å². The molecular formula is C24H20ClFN2O3S. The Morgan fingerprint density at radius 1 is 1.25 bits per heavy atom. The van der Waals surface area contributed by atoms with Crippen LogP contribution in [0.1, 0.15) is 36.6 Å². The van der Waals surface area contributed by atoms with E-state index in [0.29, 0.717) is 16.1 Å². The molecule has 0 fully saturated rings. The predicted molar refractivity (Wildman–Crippen MR) is 123 cm³/mol. The Bertz CT molecular complexity index is 1400. The normalized spacial score (nSPS) is 16.0. The highest BCUT2D eigenvalue weighted by Gasteiger charge is 2.33. The minimum atomic E-state index is -0.704. The molecule has 32 heavy (non-hydrogen) atoms. The highest BCUT2D eigenvalue weighted by atomic mass is 35.5. The Balaban J connectivity index is 1.99. The molecule has 0 saturated carbocycles. The van der Waals surface area contributed by atoms with Crippen molar-refractivity contribution in [1.29, 1.82) is 0 Å². The maximum Gasteiger partial charge on any atom is 0.338 e. The van der Waals surface area contributed by atoms with Gasteiger partial charge in [0.05, 0.1) is 33.5 Å². The van der Waals surface area contributed by atoms with E-state index in [-0.39, 0.29) is 27.3 Å². The van der Waals surface area contributed by atoms with Crippen LogP contribution in [0, 0.1) is 12.7 Å². The van der Waals surface area contributed by atoms with E-state index < -0.39 is 17.8 Å². The minimum absolute atomic E-state index is 0.132. The van der Waals surface area contributed by atoms with Crippen LogP contribution in [0.3, 0.4) is 0 Å². The molecule has 1 aromatic heterocycles. The second kappa shape index (κ2) is 8.84.